The highest BCUT2D eigenvalue weighted by Gasteiger charge is 2.22. The molecule has 104 valence electrons. The Hall–Kier alpha value is -2.23. The standard InChI is InChI=1S/C16H17FN2O/c1-16(2,3)15(20)19-14-7-5-4-6-11(14)12-10-18-9-8-13(12)17/h4-10H,1-3H3,(H,19,20). The highest BCUT2D eigenvalue weighted by atomic mass is 19.1. The van der Waals surface area contributed by atoms with Crippen LogP contribution in [0, 0.1) is 11.2 Å². The van der Waals surface area contributed by atoms with E-state index in [4.69, 9.17) is 0 Å². The molecular formula is C16H17FN2O. The summed E-state index contributed by atoms with van der Waals surface area (Å²) in [5, 5.41) is 2.84. The van der Waals surface area contributed by atoms with Gasteiger partial charge in [0.1, 0.15) is 5.82 Å². The van der Waals surface area contributed by atoms with Crippen LogP contribution in [0.3, 0.4) is 0 Å². The monoisotopic (exact) mass is 272 g/mol. The number of hydrogen-bond donors (Lipinski definition) is 1. The van der Waals surface area contributed by atoms with E-state index in [2.05, 4.69) is 10.3 Å². The van der Waals surface area contributed by atoms with E-state index >= 15 is 0 Å². The minimum Gasteiger partial charge on any atom is -0.325 e. The number of nitrogens with one attached hydrogen (secondary N) is 1. The maximum Gasteiger partial charge on any atom is 0.229 e. The maximum absolute atomic E-state index is 13.9. The average Bonchev–Trinajstić information content (AvgIpc) is 2.39. The smallest absolute Gasteiger partial charge is 0.229 e. The molecule has 20 heavy (non-hydrogen) atoms. The molecule has 0 atom stereocenters. The average molecular weight is 272 g/mol. The van der Waals surface area contributed by atoms with Crippen LogP contribution in [-0.2, 0) is 4.79 Å². The summed E-state index contributed by atoms with van der Waals surface area (Å²) >= 11 is 0. The van der Waals surface area contributed by atoms with E-state index in [0.717, 1.165) is 0 Å². The van der Waals surface area contributed by atoms with Crippen LogP contribution >= 0.6 is 0 Å². The van der Waals surface area contributed by atoms with Crippen molar-refractivity contribution in [3.63, 3.8) is 0 Å². The van der Waals surface area contributed by atoms with Crippen molar-refractivity contribution in [2.75, 3.05) is 5.32 Å². The molecular weight excluding hydrogens is 255 g/mol. The Morgan fingerprint density at radius 1 is 1.15 bits per heavy atom. The van der Waals surface area contributed by atoms with Crippen LogP contribution in [0.4, 0.5) is 10.1 Å². The van der Waals surface area contributed by atoms with E-state index in [1.807, 2.05) is 20.8 Å². The molecule has 0 bridgehead atoms. The van der Waals surface area contributed by atoms with Crippen molar-refractivity contribution in [2.24, 2.45) is 5.41 Å². The molecule has 2 aromatic rings. The van der Waals surface area contributed by atoms with Gasteiger partial charge in [0.25, 0.3) is 0 Å². The van der Waals surface area contributed by atoms with Crippen molar-refractivity contribution >= 4 is 11.6 Å². The summed E-state index contributed by atoms with van der Waals surface area (Å²) in [6.45, 7) is 5.49. The molecule has 1 aromatic carbocycles. The normalized spacial score (nSPS) is 11.2. The van der Waals surface area contributed by atoms with Crippen molar-refractivity contribution in [1.82, 2.24) is 4.98 Å². The first-order chi connectivity index (χ1) is 9.39. The summed E-state index contributed by atoms with van der Waals surface area (Å²) in [7, 11) is 0. The van der Waals surface area contributed by atoms with Crippen molar-refractivity contribution in [3.05, 3.63) is 48.5 Å². The SMILES string of the molecule is CC(C)(C)C(=O)Nc1ccccc1-c1cnccc1F. The van der Waals surface area contributed by atoms with E-state index in [9.17, 15) is 9.18 Å². The molecule has 4 heteroatoms. The Morgan fingerprint density at radius 2 is 1.85 bits per heavy atom. The third kappa shape index (κ3) is 3.02. The zero-order chi connectivity index (χ0) is 14.8. The first-order valence-electron chi connectivity index (χ1n) is 6.40. The van der Waals surface area contributed by atoms with Gasteiger partial charge in [-0.2, -0.15) is 0 Å². The van der Waals surface area contributed by atoms with Gasteiger partial charge in [0.2, 0.25) is 5.91 Å². The van der Waals surface area contributed by atoms with Crippen LogP contribution in [0.1, 0.15) is 20.8 Å². The topological polar surface area (TPSA) is 42.0 Å². The van der Waals surface area contributed by atoms with Crippen LogP contribution in [0.5, 0.6) is 0 Å². The predicted octanol–water partition coefficient (Wildman–Crippen LogP) is 3.87. The van der Waals surface area contributed by atoms with E-state index in [1.54, 1.807) is 24.3 Å². The van der Waals surface area contributed by atoms with Gasteiger partial charge in [-0.25, -0.2) is 4.39 Å². The summed E-state index contributed by atoms with van der Waals surface area (Å²) in [5.41, 5.74) is 1.06. The van der Waals surface area contributed by atoms with Crippen molar-refractivity contribution < 1.29 is 9.18 Å². The number of amides is 1. The molecule has 1 amide bonds. The molecule has 0 aliphatic carbocycles. The Labute approximate surface area is 117 Å². The Kier molecular flexibility index (Phi) is 3.84. The second-order valence-electron chi connectivity index (χ2n) is 5.61. The molecule has 1 aromatic heterocycles. The van der Waals surface area contributed by atoms with Gasteiger partial charge in [0.05, 0.1) is 0 Å². The minimum absolute atomic E-state index is 0.116. The first-order valence-corrected chi connectivity index (χ1v) is 6.40. The fraction of sp³-hybridized carbons (Fsp3) is 0.250. The van der Waals surface area contributed by atoms with Crippen molar-refractivity contribution in [2.45, 2.75) is 20.8 Å². The summed E-state index contributed by atoms with van der Waals surface area (Å²) < 4.78 is 13.9. The van der Waals surface area contributed by atoms with Crippen LogP contribution < -0.4 is 5.32 Å². The number of pyridine rings is 1. The quantitative estimate of drug-likeness (QED) is 0.901. The third-order valence-corrected chi connectivity index (χ3v) is 2.91. The Balaban J connectivity index is 2.42. The van der Waals surface area contributed by atoms with Crippen LogP contribution in [0.2, 0.25) is 0 Å². The van der Waals surface area contributed by atoms with Crippen LogP contribution in [-0.4, -0.2) is 10.9 Å². The molecule has 1 N–H and O–H groups in total. The molecule has 0 unspecified atom stereocenters. The summed E-state index contributed by atoms with van der Waals surface area (Å²) in [6, 6.07) is 8.42. The molecule has 0 saturated carbocycles. The zero-order valence-corrected chi connectivity index (χ0v) is 11.8. The first kappa shape index (κ1) is 14.2. The molecule has 0 aliphatic rings. The van der Waals surface area contributed by atoms with Gasteiger partial charge in [0, 0.05) is 34.6 Å². The predicted molar refractivity (Wildman–Crippen MR) is 77.7 cm³/mol. The van der Waals surface area contributed by atoms with Crippen molar-refractivity contribution in [3.8, 4) is 11.1 Å². The van der Waals surface area contributed by atoms with Crippen molar-refractivity contribution in [1.29, 1.82) is 0 Å². The summed E-state index contributed by atoms with van der Waals surface area (Å²) in [6.07, 6.45) is 2.85. The van der Waals surface area contributed by atoms with E-state index in [0.29, 0.717) is 16.8 Å². The lowest BCUT2D eigenvalue weighted by atomic mass is 9.95. The summed E-state index contributed by atoms with van der Waals surface area (Å²) in [5.74, 6) is -0.480. The molecule has 0 radical (unpaired) electrons. The number of hydrogen-bond acceptors (Lipinski definition) is 2. The number of halogens is 1. The number of benzene rings is 1. The highest BCUT2D eigenvalue weighted by Crippen LogP contribution is 2.30. The Bertz CT molecular complexity index is 632. The minimum atomic E-state index is -0.513. The number of rotatable bonds is 2. The molecule has 0 aliphatic heterocycles. The number of carbonyl (C=O) groups is 1. The van der Waals surface area contributed by atoms with Crippen LogP contribution in [0.15, 0.2) is 42.7 Å². The lowest BCUT2D eigenvalue weighted by Crippen LogP contribution is -2.27. The zero-order valence-electron chi connectivity index (χ0n) is 11.8. The van der Waals surface area contributed by atoms with Gasteiger partial charge < -0.3 is 5.32 Å². The molecule has 1 heterocycles. The van der Waals surface area contributed by atoms with Gasteiger partial charge in [-0.1, -0.05) is 39.0 Å². The molecule has 3 nitrogen and oxygen atoms in total. The second-order valence-corrected chi connectivity index (χ2v) is 5.61. The molecule has 0 spiro atoms. The molecule has 0 fully saturated rings. The molecule has 2 rings (SSSR count). The van der Waals surface area contributed by atoms with E-state index < -0.39 is 5.41 Å². The number of aromatic nitrogens is 1. The van der Waals surface area contributed by atoms with Gasteiger partial charge >= 0.3 is 0 Å². The maximum atomic E-state index is 13.9. The third-order valence-electron chi connectivity index (χ3n) is 2.91. The molecule has 0 saturated heterocycles. The van der Waals surface area contributed by atoms with Crippen LogP contribution in [0.25, 0.3) is 11.1 Å². The van der Waals surface area contributed by atoms with Gasteiger partial charge in [-0.15, -0.1) is 0 Å². The number of anilines is 1. The Morgan fingerprint density at radius 3 is 2.50 bits per heavy atom. The van der Waals surface area contributed by atoms with E-state index in [-0.39, 0.29) is 11.7 Å². The largest absolute Gasteiger partial charge is 0.325 e. The summed E-state index contributed by atoms with van der Waals surface area (Å²) in [4.78, 5) is 16.0. The second kappa shape index (κ2) is 5.41. The number of carbonyl (C=O) groups excluding carboxylic acids is 1. The van der Waals surface area contributed by atoms with Gasteiger partial charge in [-0.05, 0) is 12.1 Å². The lowest BCUT2D eigenvalue weighted by Gasteiger charge is -2.19. The van der Waals surface area contributed by atoms with Gasteiger partial charge in [-0.3, -0.25) is 9.78 Å². The number of nitrogens with zero attached hydrogens (tertiary/aromatic N) is 1. The van der Waals surface area contributed by atoms with Gasteiger partial charge in [0.15, 0.2) is 0 Å². The fourth-order valence-electron chi connectivity index (χ4n) is 1.71. The lowest BCUT2D eigenvalue weighted by molar-refractivity contribution is -0.123. The highest BCUT2D eigenvalue weighted by molar-refractivity contribution is 5.98. The van der Waals surface area contributed by atoms with E-state index in [1.165, 1.54) is 18.5 Å². The number of para-hydroxylation sites is 1. The fourth-order valence-corrected chi connectivity index (χ4v) is 1.71.